The van der Waals surface area contributed by atoms with Crippen molar-refractivity contribution in [1.82, 2.24) is 20.0 Å². The van der Waals surface area contributed by atoms with E-state index in [9.17, 15) is 0 Å². The summed E-state index contributed by atoms with van der Waals surface area (Å²) < 4.78 is 1.74. The molecule has 108 valence electrons. The van der Waals surface area contributed by atoms with Gasteiger partial charge in [-0.2, -0.15) is 5.10 Å². The number of nitrogens with zero attached hydrogens (tertiary/aromatic N) is 3. The molecule has 5 heteroatoms. The van der Waals surface area contributed by atoms with Gasteiger partial charge in [-0.1, -0.05) is 18.5 Å². The maximum Gasteiger partial charge on any atom is 0.131 e. The van der Waals surface area contributed by atoms with Crippen molar-refractivity contribution in [3.63, 3.8) is 0 Å². The molecule has 0 aliphatic carbocycles. The number of hydrogen-bond acceptors (Lipinski definition) is 3. The summed E-state index contributed by atoms with van der Waals surface area (Å²) in [5, 5.41) is 8.58. The normalized spacial score (nSPS) is 18.1. The molecule has 0 spiro atoms. The minimum Gasteiger partial charge on any atom is -0.312 e. The Bertz CT molecular complexity index is 410. The Morgan fingerprint density at radius 3 is 2.63 bits per heavy atom. The smallest absolute Gasteiger partial charge is 0.131 e. The van der Waals surface area contributed by atoms with Gasteiger partial charge in [-0.05, 0) is 45.3 Å². The van der Waals surface area contributed by atoms with Gasteiger partial charge in [0.2, 0.25) is 0 Å². The second kappa shape index (κ2) is 6.73. The molecule has 0 amide bonds. The molecular weight excluding hydrogens is 260 g/mol. The van der Waals surface area contributed by atoms with Crippen LogP contribution in [0.15, 0.2) is 0 Å². The zero-order chi connectivity index (χ0) is 13.8. The predicted octanol–water partition coefficient (Wildman–Crippen LogP) is 2.20. The average Bonchev–Trinajstić information content (AvgIpc) is 2.93. The van der Waals surface area contributed by atoms with Gasteiger partial charge in [0.25, 0.3) is 0 Å². The number of likely N-dealkylation sites (tertiary alicyclic amines) is 1. The zero-order valence-electron chi connectivity index (χ0n) is 12.2. The fraction of sp³-hybridized carbons (Fsp3) is 0.786. The third kappa shape index (κ3) is 3.94. The van der Waals surface area contributed by atoms with Crippen LogP contribution >= 0.6 is 11.6 Å². The van der Waals surface area contributed by atoms with E-state index in [0.29, 0.717) is 5.92 Å². The highest BCUT2D eigenvalue weighted by Gasteiger charge is 2.15. The van der Waals surface area contributed by atoms with E-state index < -0.39 is 0 Å². The zero-order valence-corrected chi connectivity index (χ0v) is 13.0. The quantitative estimate of drug-likeness (QED) is 0.869. The molecule has 0 unspecified atom stereocenters. The highest BCUT2D eigenvalue weighted by atomic mass is 35.5. The Morgan fingerprint density at radius 2 is 2.05 bits per heavy atom. The van der Waals surface area contributed by atoms with Gasteiger partial charge in [-0.15, -0.1) is 0 Å². The summed E-state index contributed by atoms with van der Waals surface area (Å²) >= 11 is 6.22. The highest BCUT2D eigenvalue weighted by molar-refractivity contribution is 6.30. The van der Waals surface area contributed by atoms with Gasteiger partial charge < -0.3 is 10.2 Å². The van der Waals surface area contributed by atoms with Crippen LogP contribution in [0.2, 0.25) is 5.15 Å². The number of aryl methyl sites for hydroxylation is 2. The van der Waals surface area contributed by atoms with Gasteiger partial charge >= 0.3 is 0 Å². The van der Waals surface area contributed by atoms with Gasteiger partial charge in [0.05, 0.1) is 5.69 Å². The first-order chi connectivity index (χ1) is 9.08. The number of hydrogen-bond donors (Lipinski definition) is 1. The van der Waals surface area contributed by atoms with E-state index in [1.165, 1.54) is 32.5 Å². The highest BCUT2D eigenvalue weighted by Crippen LogP contribution is 2.18. The van der Waals surface area contributed by atoms with E-state index in [1.807, 2.05) is 14.0 Å². The fourth-order valence-electron chi connectivity index (χ4n) is 2.79. The van der Waals surface area contributed by atoms with Crippen molar-refractivity contribution in [2.45, 2.75) is 33.2 Å². The molecule has 1 aromatic heterocycles. The van der Waals surface area contributed by atoms with Crippen LogP contribution in [0.1, 0.15) is 31.0 Å². The summed E-state index contributed by atoms with van der Waals surface area (Å²) in [6.07, 6.45) is 2.73. The molecule has 1 aliphatic rings. The van der Waals surface area contributed by atoms with E-state index in [0.717, 1.165) is 29.5 Å². The van der Waals surface area contributed by atoms with Crippen molar-refractivity contribution < 1.29 is 0 Å². The molecule has 1 saturated heterocycles. The van der Waals surface area contributed by atoms with Crippen molar-refractivity contribution in [2.24, 2.45) is 13.0 Å². The molecule has 1 aliphatic heterocycles. The summed E-state index contributed by atoms with van der Waals surface area (Å²) in [6, 6.07) is 0. The summed E-state index contributed by atoms with van der Waals surface area (Å²) in [7, 11) is 1.88. The Labute approximate surface area is 121 Å². The maximum atomic E-state index is 6.22. The van der Waals surface area contributed by atoms with Crippen molar-refractivity contribution >= 4 is 11.6 Å². The second-order valence-corrected chi connectivity index (χ2v) is 6.08. The number of halogens is 1. The SMILES string of the molecule is Cc1nn(C)c(Cl)c1CNC[C@@H](C)CN1CCCC1. The van der Waals surface area contributed by atoms with E-state index in [4.69, 9.17) is 11.6 Å². The minimum absolute atomic E-state index is 0.675. The molecule has 19 heavy (non-hydrogen) atoms. The molecule has 1 N–H and O–H groups in total. The topological polar surface area (TPSA) is 33.1 Å². The maximum absolute atomic E-state index is 6.22. The monoisotopic (exact) mass is 284 g/mol. The molecular formula is C14H25ClN4. The molecule has 1 atom stereocenters. The number of aromatic nitrogens is 2. The first kappa shape index (κ1) is 14.8. The van der Waals surface area contributed by atoms with E-state index >= 15 is 0 Å². The lowest BCUT2D eigenvalue weighted by Gasteiger charge is -2.20. The summed E-state index contributed by atoms with van der Waals surface area (Å²) in [5.74, 6) is 0.675. The van der Waals surface area contributed by atoms with Crippen molar-refractivity contribution in [3.8, 4) is 0 Å². The van der Waals surface area contributed by atoms with Crippen LogP contribution in [-0.4, -0.2) is 40.9 Å². The predicted molar refractivity (Wildman–Crippen MR) is 79.5 cm³/mol. The van der Waals surface area contributed by atoms with Gasteiger partial charge in [-0.25, -0.2) is 0 Å². The lowest BCUT2D eigenvalue weighted by molar-refractivity contribution is 0.282. The van der Waals surface area contributed by atoms with Gasteiger partial charge in [-0.3, -0.25) is 4.68 Å². The lowest BCUT2D eigenvalue weighted by Crippen LogP contribution is -2.31. The largest absolute Gasteiger partial charge is 0.312 e. The van der Waals surface area contributed by atoms with Crippen LogP contribution in [0.4, 0.5) is 0 Å². The van der Waals surface area contributed by atoms with Crippen molar-refractivity contribution in [3.05, 3.63) is 16.4 Å². The third-order valence-corrected chi connectivity index (χ3v) is 4.31. The van der Waals surface area contributed by atoms with Crippen LogP contribution < -0.4 is 5.32 Å². The van der Waals surface area contributed by atoms with Crippen molar-refractivity contribution in [1.29, 1.82) is 0 Å². The lowest BCUT2D eigenvalue weighted by atomic mass is 10.1. The molecule has 0 radical (unpaired) electrons. The van der Waals surface area contributed by atoms with Gasteiger partial charge in [0.15, 0.2) is 0 Å². The van der Waals surface area contributed by atoms with Crippen LogP contribution in [0.3, 0.4) is 0 Å². The standard InChI is InChI=1S/C14H25ClN4/c1-11(10-19-6-4-5-7-19)8-16-9-13-12(2)17-18(3)14(13)15/h11,16H,4-10H2,1-3H3/t11-/m1/s1. The Balaban J connectivity index is 1.73. The van der Waals surface area contributed by atoms with Crippen molar-refractivity contribution in [2.75, 3.05) is 26.2 Å². The van der Waals surface area contributed by atoms with E-state index in [2.05, 4.69) is 22.2 Å². The summed E-state index contributed by atoms with van der Waals surface area (Å²) in [6.45, 7) is 9.91. The molecule has 1 fully saturated rings. The molecule has 0 bridgehead atoms. The average molecular weight is 285 g/mol. The van der Waals surface area contributed by atoms with Crippen LogP contribution in [0, 0.1) is 12.8 Å². The third-order valence-electron chi connectivity index (χ3n) is 3.83. The minimum atomic E-state index is 0.675. The summed E-state index contributed by atoms with van der Waals surface area (Å²) in [4.78, 5) is 2.56. The molecule has 4 nitrogen and oxygen atoms in total. The molecule has 2 rings (SSSR count). The first-order valence-corrected chi connectivity index (χ1v) is 7.56. The number of rotatable bonds is 6. The molecule has 2 heterocycles. The van der Waals surface area contributed by atoms with Gasteiger partial charge in [0, 0.05) is 25.7 Å². The second-order valence-electron chi connectivity index (χ2n) is 5.72. The Morgan fingerprint density at radius 1 is 1.37 bits per heavy atom. The Kier molecular flexibility index (Phi) is 5.25. The molecule has 0 aromatic carbocycles. The van der Waals surface area contributed by atoms with Crippen LogP contribution in [-0.2, 0) is 13.6 Å². The van der Waals surface area contributed by atoms with Crippen LogP contribution in [0.5, 0.6) is 0 Å². The fourth-order valence-corrected chi connectivity index (χ4v) is 3.03. The molecule has 1 aromatic rings. The molecule has 0 saturated carbocycles. The Hall–Kier alpha value is -0.580. The first-order valence-electron chi connectivity index (χ1n) is 7.19. The van der Waals surface area contributed by atoms with E-state index in [1.54, 1.807) is 4.68 Å². The van der Waals surface area contributed by atoms with Crippen LogP contribution in [0.25, 0.3) is 0 Å². The van der Waals surface area contributed by atoms with E-state index in [-0.39, 0.29) is 0 Å². The van der Waals surface area contributed by atoms with Gasteiger partial charge in [0.1, 0.15) is 5.15 Å². The summed E-state index contributed by atoms with van der Waals surface area (Å²) in [5.41, 5.74) is 2.14. The number of nitrogens with one attached hydrogen (secondary N) is 1.